The maximum Gasteiger partial charge on any atom is 0.230 e. The molecule has 1 fully saturated rings. The molecule has 0 radical (unpaired) electrons. The van der Waals surface area contributed by atoms with Crippen LogP contribution < -0.4 is 9.64 Å². The van der Waals surface area contributed by atoms with Crippen molar-refractivity contribution in [1.29, 1.82) is 0 Å². The predicted molar refractivity (Wildman–Crippen MR) is 97.3 cm³/mol. The zero-order valence-corrected chi connectivity index (χ0v) is 15.1. The summed E-state index contributed by atoms with van der Waals surface area (Å²) in [6.45, 7) is 0.555. The number of aliphatic hydroxyl groups is 1. The lowest BCUT2D eigenvalue weighted by Gasteiger charge is -2.17. The summed E-state index contributed by atoms with van der Waals surface area (Å²) in [6, 6.07) is 15.4. The van der Waals surface area contributed by atoms with E-state index >= 15 is 0 Å². The van der Waals surface area contributed by atoms with Gasteiger partial charge < -0.3 is 14.7 Å². The van der Waals surface area contributed by atoms with E-state index in [-0.39, 0.29) is 24.3 Å². The first-order valence-corrected chi connectivity index (χ1v) is 8.72. The molecule has 0 spiro atoms. The fourth-order valence-corrected chi connectivity index (χ4v) is 3.46. The Morgan fingerprint density at radius 2 is 2.00 bits per heavy atom. The van der Waals surface area contributed by atoms with Crippen LogP contribution in [0.15, 0.2) is 53.0 Å². The van der Waals surface area contributed by atoms with Gasteiger partial charge in [0.2, 0.25) is 5.91 Å². The lowest BCUT2D eigenvalue weighted by atomic mass is 9.89. The van der Waals surface area contributed by atoms with Crippen molar-refractivity contribution in [2.75, 3.05) is 25.2 Å². The number of rotatable bonds is 5. The molecule has 5 heteroatoms. The van der Waals surface area contributed by atoms with E-state index in [1.54, 1.807) is 12.0 Å². The molecule has 24 heavy (non-hydrogen) atoms. The molecule has 0 saturated carbocycles. The Labute approximate surface area is 150 Å². The largest absolute Gasteiger partial charge is 0.497 e. The second kappa shape index (κ2) is 7.36. The van der Waals surface area contributed by atoms with Crippen molar-refractivity contribution in [3.05, 3.63) is 58.6 Å². The highest BCUT2D eigenvalue weighted by Gasteiger charge is 2.40. The van der Waals surface area contributed by atoms with Gasteiger partial charge in [0.05, 0.1) is 7.11 Å². The maximum atomic E-state index is 12.9. The van der Waals surface area contributed by atoms with Crippen molar-refractivity contribution < 1.29 is 14.6 Å². The lowest BCUT2D eigenvalue weighted by Crippen LogP contribution is -2.27. The first kappa shape index (κ1) is 17.0. The van der Waals surface area contributed by atoms with Gasteiger partial charge in [0.15, 0.2) is 0 Å². The summed E-state index contributed by atoms with van der Waals surface area (Å²) in [5, 5.41) is 9.73. The zero-order chi connectivity index (χ0) is 17.1. The highest BCUT2D eigenvalue weighted by Crippen LogP contribution is 2.32. The molecule has 0 aliphatic carbocycles. The highest BCUT2D eigenvalue weighted by atomic mass is 79.9. The molecular weight excluding hydrogens is 370 g/mol. The van der Waals surface area contributed by atoms with Gasteiger partial charge in [-0.3, -0.25) is 4.79 Å². The number of nitrogens with zero attached hydrogens (tertiary/aromatic N) is 1. The molecule has 1 aliphatic rings. The number of halogens is 1. The number of amides is 1. The van der Waals surface area contributed by atoms with Gasteiger partial charge in [-0.05, 0) is 48.4 Å². The normalized spacial score (nSPS) is 20.5. The summed E-state index contributed by atoms with van der Waals surface area (Å²) in [6.07, 6.45) is 0.605. The molecule has 4 nitrogen and oxygen atoms in total. The van der Waals surface area contributed by atoms with Gasteiger partial charge in [0, 0.05) is 35.1 Å². The molecule has 1 amide bonds. The van der Waals surface area contributed by atoms with Crippen LogP contribution in [0.1, 0.15) is 5.56 Å². The van der Waals surface area contributed by atoms with Crippen molar-refractivity contribution in [1.82, 2.24) is 0 Å². The number of hydrogen-bond donors (Lipinski definition) is 1. The maximum absolute atomic E-state index is 12.9. The van der Waals surface area contributed by atoms with Crippen LogP contribution in [0, 0.1) is 11.8 Å². The average Bonchev–Trinajstić information content (AvgIpc) is 2.92. The summed E-state index contributed by atoms with van der Waals surface area (Å²) in [5.74, 6) is 0.570. The SMILES string of the molecule is COc1cccc(CC2C(=O)N(c3ccc(Br)cc3)CC2CO)c1. The molecule has 2 aromatic rings. The monoisotopic (exact) mass is 389 g/mol. The molecule has 0 bridgehead atoms. The standard InChI is InChI=1S/C19H20BrNO3/c1-24-17-4-2-3-13(9-17)10-18-14(12-22)11-21(19(18)23)16-7-5-15(20)6-8-16/h2-9,14,18,22H,10-12H2,1H3. The van der Waals surface area contributed by atoms with Gasteiger partial charge in [-0.25, -0.2) is 0 Å². The van der Waals surface area contributed by atoms with Crippen LogP contribution in [0.25, 0.3) is 0 Å². The van der Waals surface area contributed by atoms with E-state index in [4.69, 9.17) is 4.74 Å². The van der Waals surface area contributed by atoms with E-state index in [9.17, 15) is 9.90 Å². The molecule has 2 aromatic carbocycles. The van der Waals surface area contributed by atoms with Crippen LogP contribution in [0.4, 0.5) is 5.69 Å². The number of carbonyl (C=O) groups excluding carboxylic acids is 1. The number of ether oxygens (including phenoxy) is 1. The van der Waals surface area contributed by atoms with E-state index in [2.05, 4.69) is 15.9 Å². The van der Waals surface area contributed by atoms with E-state index < -0.39 is 0 Å². The molecule has 1 aliphatic heterocycles. The van der Waals surface area contributed by atoms with E-state index in [1.807, 2.05) is 48.5 Å². The Bertz CT molecular complexity index is 717. The third kappa shape index (κ3) is 3.47. The summed E-state index contributed by atoms with van der Waals surface area (Å²) in [7, 11) is 1.63. The van der Waals surface area contributed by atoms with Gasteiger partial charge in [0.1, 0.15) is 5.75 Å². The highest BCUT2D eigenvalue weighted by molar-refractivity contribution is 9.10. The molecule has 1 heterocycles. The Morgan fingerprint density at radius 3 is 2.67 bits per heavy atom. The third-order valence-corrected chi connectivity index (χ3v) is 5.06. The molecule has 2 atom stereocenters. The van der Waals surface area contributed by atoms with Gasteiger partial charge in [0.25, 0.3) is 0 Å². The number of hydrogen-bond acceptors (Lipinski definition) is 3. The summed E-state index contributed by atoms with van der Waals surface area (Å²) >= 11 is 3.41. The van der Waals surface area contributed by atoms with Crippen molar-refractivity contribution in [3.8, 4) is 5.75 Å². The quantitative estimate of drug-likeness (QED) is 0.853. The fourth-order valence-electron chi connectivity index (χ4n) is 3.20. The summed E-state index contributed by atoms with van der Waals surface area (Å²) < 4.78 is 6.23. The van der Waals surface area contributed by atoms with Crippen molar-refractivity contribution in [3.63, 3.8) is 0 Å². The number of aliphatic hydroxyl groups excluding tert-OH is 1. The molecule has 126 valence electrons. The molecule has 2 unspecified atom stereocenters. The van der Waals surface area contributed by atoms with Crippen LogP contribution in [0.2, 0.25) is 0 Å². The Balaban J connectivity index is 1.81. The van der Waals surface area contributed by atoms with Crippen molar-refractivity contribution in [2.24, 2.45) is 11.8 Å². The Kier molecular flexibility index (Phi) is 5.21. The van der Waals surface area contributed by atoms with Crippen LogP contribution in [-0.2, 0) is 11.2 Å². The van der Waals surface area contributed by atoms with Gasteiger partial charge in [-0.1, -0.05) is 28.1 Å². The average molecular weight is 390 g/mol. The van der Waals surface area contributed by atoms with Crippen molar-refractivity contribution >= 4 is 27.5 Å². The smallest absolute Gasteiger partial charge is 0.230 e. The van der Waals surface area contributed by atoms with Gasteiger partial charge in [-0.15, -0.1) is 0 Å². The molecule has 0 aromatic heterocycles. The minimum atomic E-state index is -0.217. The first-order valence-electron chi connectivity index (χ1n) is 7.93. The van der Waals surface area contributed by atoms with E-state index in [0.717, 1.165) is 21.5 Å². The second-order valence-corrected chi connectivity index (χ2v) is 6.95. The molecule has 3 rings (SSSR count). The van der Waals surface area contributed by atoms with E-state index in [0.29, 0.717) is 13.0 Å². The number of anilines is 1. The van der Waals surface area contributed by atoms with Crippen LogP contribution in [0.5, 0.6) is 5.75 Å². The minimum absolute atomic E-state index is 0.00734. The van der Waals surface area contributed by atoms with Crippen LogP contribution in [-0.4, -0.2) is 31.3 Å². The minimum Gasteiger partial charge on any atom is -0.497 e. The van der Waals surface area contributed by atoms with E-state index in [1.165, 1.54) is 0 Å². The third-order valence-electron chi connectivity index (χ3n) is 4.53. The van der Waals surface area contributed by atoms with Gasteiger partial charge >= 0.3 is 0 Å². The Morgan fingerprint density at radius 1 is 1.25 bits per heavy atom. The molecule has 1 saturated heterocycles. The first-order chi connectivity index (χ1) is 11.6. The zero-order valence-electron chi connectivity index (χ0n) is 13.5. The summed E-state index contributed by atoms with van der Waals surface area (Å²) in [4.78, 5) is 14.7. The van der Waals surface area contributed by atoms with Crippen LogP contribution in [0.3, 0.4) is 0 Å². The van der Waals surface area contributed by atoms with Gasteiger partial charge in [-0.2, -0.15) is 0 Å². The van der Waals surface area contributed by atoms with Crippen LogP contribution >= 0.6 is 15.9 Å². The topological polar surface area (TPSA) is 49.8 Å². The molecular formula is C19H20BrNO3. The number of benzene rings is 2. The Hall–Kier alpha value is -1.85. The molecule has 1 N–H and O–H groups in total. The summed E-state index contributed by atoms with van der Waals surface area (Å²) in [5.41, 5.74) is 1.92. The fraction of sp³-hybridized carbons (Fsp3) is 0.316. The predicted octanol–water partition coefficient (Wildman–Crippen LogP) is 3.27. The number of carbonyl (C=O) groups is 1. The van der Waals surface area contributed by atoms with Crippen molar-refractivity contribution in [2.45, 2.75) is 6.42 Å². The second-order valence-electron chi connectivity index (χ2n) is 6.03. The number of methoxy groups -OCH3 is 1. The lowest BCUT2D eigenvalue weighted by molar-refractivity contribution is -0.121.